The van der Waals surface area contributed by atoms with Crippen LogP contribution in [0.4, 0.5) is 11.4 Å². The largest absolute Gasteiger partial charge is 0.496 e. The number of hydrogen-bond donors (Lipinski definition) is 1. The maximum atomic E-state index is 13.1. The Balaban J connectivity index is 1.19. The molecule has 0 aliphatic carbocycles. The van der Waals surface area contributed by atoms with E-state index >= 15 is 0 Å². The molecule has 35 heavy (non-hydrogen) atoms. The van der Waals surface area contributed by atoms with Gasteiger partial charge in [-0.3, -0.25) is 9.59 Å². The van der Waals surface area contributed by atoms with Crippen LogP contribution in [0.3, 0.4) is 0 Å². The third-order valence-corrected chi connectivity index (χ3v) is 6.41. The van der Waals surface area contributed by atoms with Crippen molar-refractivity contribution in [1.29, 1.82) is 0 Å². The van der Waals surface area contributed by atoms with Crippen molar-refractivity contribution in [2.75, 3.05) is 43.5 Å². The van der Waals surface area contributed by atoms with Crippen LogP contribution < -0.4 is 15.0 Å². The Morgan fingerprint density at radius 1 is 0.771 bits per heavy atom. The van der Waals surface area contributed by atoms with Crippen LogP contribution >= 0.6 is 0 Å². The molecule has 1 aliphatic rings. The van der Waals surface area contributed by atoms with Crippen LogP contribution in [0.15, 0.2) is 91.0 Å². The molecule has 1 N–H and O–H groups in total. The van der Waals surface area contributed by atoms with Gasteiger partial charge < -0.3 is 19.9 Å². The minimum Gasteiger partial charge on any atom is -0.496 e. The predicted molar refractivity (Wildman–Crippen MR) is 139 cm³/mol. The Morgan fingerprint density at radius 2 is 1.46 bits per heavy atom. The van der Waals surface area contributed by atoms with E-state index in [9.17, 15) is 9.59 Å². The van der Waals surface area contributed by atoms with E-state index in [4.69, 9.17) is 4.74 Å². The lowest BCUT2D eigenvalue weighted by atomic mass is 10.1. The van der Waals surface area contributed by atoms with Crippen molar-refractivity contribution in [2.24, 2.45) is 0 Å². The molecule has 6 nitrogen and oxygen atoms in total. The molecule has 4 aromatic rings. The summed E-state index contributed by atoms with van der Waals surface area (Å²) in [5, 5.41) is 5.14. The first-order valence-corrected chi connectivity index (χ1v) is 11.7. The molecule has 4 aromatic carbocycles. The Morgan fingerprint density at radius 3 is 2.20 bits per heavy atom. The number of para-hydroxylation sites is 1. The van der Waals surface area contributed by atoms with Gasteiger partial charge in [0.1, 0.15) is 5.75 Å². The van der Waals surface area contributed by atoms with Crippen molar-refractivity contribution in [2.45, 2.75) is 0 Å². The third kappa shape index (κ3) is 4.82. The van der Waals surface area contributed by atoms with E-state index in [0.717, 1.165) is 40.8 Å². The van der Waals surface area contributed by atoms with E-state index in [1.165, 1.54) is 0 Å². The minimum atomic E-state index is -0.212. The van der Waals surface area contributed by atoms with E-state index < -0.39 is 0 Å². The molecule has 5 rings (SSSR count). The summed E-state index contributed by atoms with van der Waals surface area (Å²) >= 11 is 0. The quantitative estimate of drug-likeness (QED) is 0.447. The van der Waals surface area contributed by atoms with Gasteiger partial charge in [-0.15, -0.1) is 0 Å². The van der Waals surface area contributed by atoms with Gasteiger partial charge in [-0.25, -0.2) is 0 Å². The second-order valence-corrected chi connectivity index (χ2v) is 8.54. The maximum Gasteiger partial charge on any atom is 0.259 e. The molecule has 0 aromatic heterocycles. The number of amides is 2. The summed E-state index contributed by atoms with van der Waals surface area (Å²) in [7, 11) is 1.55. The Labute approximate surface area is 204 Å². The Kier molecular flexibility index (Phi) is 6.35. The highest BCUT2D eigenvalue weighted by molar-refractivity contribution is 6.06. The van der Waals surface area contributed by atoms with Gasteiger partial charge in [-0.2, -0.15) is 0 Å². The van der Waals surface area contributed by atoms with Crippen molar-refractivity contribution in [3.8, 4) is 5.75 Å². The van der Waals surface area contributed by atoms with E-state index in [0.29, 0.717) is 24.4 Å². The summed E-state index contributed by atoms with van der Waals surface area (Å²) in [6.45, 7) is 2.84. The molecule has 1 heterocycles. The number of methoxy groups -OCH3 is 1. The number of carbonyl (C=O) groups is 2. The third-order valence-electron chi connectivity index (χ3n) is 6.41. The molecular weight excluding hydrogens is 438 g/mol. The number of carbonyl (C=O) groups excluding carboxylic acids is 2. The maximum absolute atomic E-state index is 13.1. The van der Waals surface area contributed by atoms with Gasteiger partial charge in [0.25, 0.3) is 11.8 Å². The molecule has 2 amide bonds. The first kappa shape index (κ1) is 22.5. The number of ether oxygens (including phenoxy) is 1. The number of fused-ring (bicyclic) bond motifs is 1. The fourth-order valence-electron chi connectivity index (χ4n) is 4.46. The van der Waals surface area contributed by atoms with E-state index in [-0.39, 0.29) is 11.8 Å². The smallest absolute Gasteiger partial charge is 0.259 e. The zero-order valence-electron chi connectivity index (χ0n) is 19.6. The fraction of sp³-hybridized carbons (Fsp3) is 0.172. The molecule has 0 unspecified atom stereocenters. The summed E-state index contributed by atoms with van der Waals surface area (Å²) in [6.07, 6.45) is 0. The Bertz CT molecular complexity index is 1360. The lowest BCUT2D eigenvalue weighted by molar-refractivity contribution is 0.0746. The van der Waals surface area contributed by atoms with Crippen molar-refractivity contribution in [3.05, 3.63) is 102 Å². The summed E-state index contributed by atoms with van der Waals surface area (Å²) < 4.78 is 5.28. The topological polar surface area (TPSA) is 61.9 Å². The number of benzene rings is 4. The molecular formula is C29H27N3O3. The average Bonchev–Trinajstić information content (AvgIpc) is 2.93. The summed E-state index contributed by atoms with van der Waals surface area (Å²) in [4.78, 5) is 29.9. The molecule has 1 aliphatic heterocycles. The lowest BCUT2D eigenvalue weighted by Crippen LogP contribution is -2.48. The van der Waals surface area contributed by atoms with E-state index in [2.05, 4.69) is 16.3 Å². The van der Waals surface area contributed by atoms with Gasteiger partial charge in [0.15, 0.2) is 0 Å². The molecule has 0 atom stereocenters. The minimum absolute atomic E-state index is 0.0739. The standard InChI is InChI=1S/C29H27N3O3/c1-35-27-9-5-4-8-26(27)28(33)30-24-12-14-25(15-13-24)31-16-18-32(19-17-31)29(34)23-11-10-21-6-2-3-7-22(21)20-23/h2-15,20H,16-19H2,1H3,(H,30,33). The van der Waals surface area contributed by atoms with Crippen molar-refractivity contribution >= 4 is 34.0 Å². The first-order chi connectivity index (χ1) is 17.1. The summed E-state index contributed by atoms with van der Waals surface area (Å²) in [5.74, 6) is 0.401. The number of hydrogen-bond acceptors (Lipinski definition) is 4. The number of rotatable bonds is 5. The Hall–Kier alpha value is -4.32. The second kappa shape index (κ2) is 9.89. The monoisotopic (exact) mass is 465 g/mol. The second-order valence-electron chi connectivity index (χ2n) is 8.54. The van der Waals surface area contributed by atoms with Gasteiger partial charge in [0, 0.05) is 43.1 Å². The first-order valence-electron chi connectivity index (χ1n) is 11.7. The van der Waals surface area contributed by atoms with Gasteiger partial charge in [-0.05, 0) is 59.3 Å². The summed E-state index contributed by atoms with van der Waals surface area (Å²) in [5.41, 5.74) is 3.01. The van der Waals surface area contributed by atoms with Crippen molar-refractivity contribution in [1.82, 2.24) is 4.90 Å². The number of nitrogens with zero attached hydrogens (tertiary/aromatic N) is 2. The van der Waals surface area contributed by atoms with Crippen molar-refractivity contribution in [3.63, 3.8) is 0 Å². The SMILES string of the molecule is COc1ccccc1C(=O)Nc1ccc(N2CCN(C(=O)c3ccc4ccccc4c3)CC2)cc1. The normalized spacial score (nSPS) is 13.5. The fourth-order valence-corrected chi connectivity index (χ4v) is 4.46. The lowest BCUT2D eigenvalue weighted by Gasteiger charge is -2.36. The number of anilines is 2. The van der Waals surface area contributed by atoms with E-state index in [1.807, 2.05) is 77.7 Å². The van der Waals surface area contributed by atoms with Crippen LogP contribution in [0.25, 0.3) is 10.8 Å². The highest BCUT2D eigenvalue weighted by Gasteiger charge is 2.22. The van der Waals surface area contributed by atoms with Gasteiger partial charge >= 0.3 is 0 Å². The zero-order valence-corrected chi connectivity index (χ0v) is 19.6. The molecule has 176 valence electrons. The van der Waals surface area contributed by atoms with Crippen LogP contribution in [-0.4, -0.2) is 50.0 Å². The number of piperazine rings is 1. The molecule has 6 heteroatoms. The van der Waals surface area contributed by atoms with Gasteiger partial charge in [0.05, 0.1) is 12.7 Å². The molecule has 0 saturated carbocycles. The van der Waals surface area contributed by atoms with Gasteiger partial charge in [0.2, 0.25) is 0 Å². The molecule has 0 radical (unpaired) electrons. The van der Waals surface area contributed by atoms with Crippen LogP contribution in [-0.2, 0) is 0 Å². The van der Waals surface area contributed by atoms with E-state index in [1.54, 1.807) is 19.2 Å². The number of nitrogens with one attached hydrogen (secondary N) is 1. The molecule has 0 spiro atoms. The van der Waals surface area contributed by atoms with Crippen LogP contribution in [0, 0.1) is 0 Å². The molecule has 0 bridgehead atoms. The zero-order chi connectivity index (χ0) is 24.2. The van der Waals surface area contributed by atoms with Crippen molar-refractivity contribution < 1.29 is 14.3 Å². The van der Waals surface area contributed by atoms with Crippen LogP contribution in [0.1, 0.15) is 20.7 Å². The molecule has 1 saturated heterocycles. The molecule has 1 fully saturated rings. The predicted octanol–water partition coefficient (Wildman–Crippen LogP) is 5.06. The van der Waals surface area contributed by atoms with Crippen LogP contribution in [0.5, 0.6) is 5.75 Å². The summed E-state index contributed by atoms with van der Waals surface area (Å²) in [6, 6.07) is 28.9. The van der Waals surface area contributed by atoms with Gasteiger partial charge in [-0.1, -0.05) is 42.5 Å². The van der Waals surface area contributed by atoms with Crippen LogP contribution in [0.2, 0.25) is 0 Å². The highest BCUT2D eigenvalue weighted by atomic mass is 16.5. The highest BCUT2D eigenvalue weighted by Crippen LogP contribution is 2.23. The average molecular weight is 466 g/mol.